The second-order valence-electron chi connectivity index (χ2n) is 8.11. The number of ether oxygens (including phenoxy) is 1. The zero-order chi connectivity index (χ0) is 22.3. The van der Waals surface area contributed by atoms with Crippen molar-refractivity contribution in [3.05, 3.63) is 95.8 Å². The van der Waals surface area contributed by atoms with Gasteiger partial charge < -0.3 is 10.1 Å². The summed E-state index contributed by atoms with van der Waals surface area (Å²) < 4.78 is 47.4. The van der Waals surface area contributed by atoms with Gasteiger partial charge in [-0.2, -0.15) is 0 Å². The lowest BCUT2D eigenvalue weighted by Crippen LogP contribution is -2.29. The Kier molecular flexibility index (Phi) is 5.13. The van der Waals surface area contributed by atoms with Gasteiger partial charge in [-0.15, -0.1) is 0 Å². The monoisotopic (exact) mass is 450 g/mol. The van der Waals surface area contributed by atoms with Gasteiger partial charge in [0.05, 0.1) is 23.7 Å². The molecule has 0 spiro atoms. The molecule has 32 heavy (non-hydrogen) atoms. The average Bonchev–Trinajstić information content (AvgIpc) is 3.29. The van der Waals surface area contributed by atoms with E-state index in [2.05, 4.69) is 22.2 Å². The largest absolute Gasteiger partial charge is 0.497 e. The van der Waals surface area contributed by atoms with E-state index < -0.39 is 10.0 Å². The summed E-state index contributed by atoms with van der Waals surface area (Å²) in [6.45, 7) is 0. The summed E-state index contributed by atoms with van der Waals surface area (Å²) >= 11 is 0. The predicted octanol–water partition coefficient (Wildman–Crippen LogP) is 5.46. The topological polar surface area (TPSA) is 67.4 Å². The summed E-state index contributed by atoms with van der Waals surface area (Å²) in [6, 6.07) is 18.6. The zero-order valence-electron chi connectivity index (χ0n) is 17.5. The summed E-state index contributed by atoms with van der Waals surface area (Å²) in [7, 11) is -2.23. The third kappa shape index (κ3) is 3.73. The lowest BCUT2D eigenvalue weighted by Gasteiger charge is -2.37. The molecule has 0 aromatic heterocycles. The molecule has 1 aliphatic carbocycles. The normalized spacial score (nSPS) is 21.4. The van der Waals surface area contributed by atoms with Crippen molar-refractivity contribution in [3.63, 3.8) is 0 Å². The number of rotatable bonds is 5. The molecule has 1 aliphatic heterocycles. The van der Waals surface area contributed by atoms with Crippen LogP contribution in [0.2, 0.25) is 0 Å². The number of hydrogen-bond acceptors (Lipinski definition) is 4. The van der Waals surface area contributed by atoms with E-state index >= 15 is 0 Å². The highest BCUT2D eigenvalue weighted by molar-refractivity contribution is 7.92. The van der Waals surface area contributed by atoms with Crippen LogP contribution in [0.5, 0.6) is 5.75 Å². The van der Waals surface area contributed by atoms with Gasteiger partial charge in [0.25, 0.3) is 10.0 Å². The molecule has 0 unspecified atom stereocenters. The molecule has 0 bridgehead atoms. The SMILES string of the molecule is COc1cccc(NS(=O)(=O)c2ccc3c(c2)[C@H]2C=CC[C@H]2[C@@H](c2ccc(F)cc2)N3)c1. The van der Waals surface area contributed by atoms with Gasteiger partial charge in [-0.25, -0.2) is 12.8 Å². The van der Waals surface area contributed by atoms with E-state index in [1.807, 2.05) is 18.2 Å². The Morgan fingerprint density at radius 3 is 2.66 bits per heavy atom. The van der Waals surface area contributed by atoms with Gasteiger partial charge in [0.15, 0.2) is 0 Å². The minimum Gasteiger partial charge on any atom is -0.497 e. The highest BCUT2D eigenvalue weighted by atomic mass is 32.2. The van der Waals surface area contributed by atoms with Crippen molar-refractivity contribution in [2.24, 2.45) is 5.92 Å². The molecule has 0 radical (unpaired) electrons. The molecule has 3 aromatic carbocycles. The van der Waals surface area contributed by atoms with E-state index in [-0.39, 0.29) is 28.6 Å². The lowest BCUT2D eigenvalue weighted by molar-refractivity contribution is 0.415. The van der Waals surface area contributed by atoms with Crippen molar-refractivity contribution < 1.29 is 17.5 Å². The van der Waals surface area contributed by atoms with Crippen molar-refractivity contribution in [1.29, 1.82) is 0 Å². The van der Waals surface area contributed by atoms with E-state index in [9.17, 15) is 12.8 Å². The molecular weight excluding hydrogens is 427 g/mol. The van der Waals surface area contributed by atoms with Gasteiger partial charge in [0, 0.05) is 17.7 Å². The number of hydrogen-bond donors (Lipinski definition) is 2. The van der Waals surface area contributed by atoms with Gasteiger partial charge >= 0.3 is 0 Å². The van der Waals surface area contributed by atoms with Crippen molar-refractivity contribution in [1.82, 2.24) is 0 Å². The van der Waals surface area contributed by atoms with Crippen LogP contribution in [0.25, 0.3) is 0 Å². The van der Waals surface area contributed by atoms with Crippen LogP contribution in [0.3, 0.4) is 0 Å². The minimum atomic E-state index is -3.77. The summed E-state index contributed by atoms with van der Waals surface area (Å²) in [6.07, 6.45) is 5.16. The van der Waals surface area contributed by atoms with Crippen LogP contribution in [0, 0.1) is 11.7 Å². The van der Waals surface area contributed by atoms with E-state index in [1.165, 1.54) is 19.2 Å². The molecule has 3 aromatic rings. The first kappa shape index (κ1) is 20.6. The zero-order valence-corrected chi connectivity index (χ0v) is 18.3. The van der Waals surface area contributed by atoms with Gasteiger partial charge in [-0.1, -0.05) is 30.4 Å². The van der Waals surface area contributed by atoms with Crippen LogP contribution in [0.4, 0.5) is 15.8 Å². The Labute approximate surface area is 187 Å². The molecule has 3 atom stereocenters. The van der Waals surface area contributed by atoms with Crippen molar-refractivity contribution in [3.8, 4) is 5.75 Å². The van der Waals surface area contributed by atoms with Crippen LogP contribution >= 0.6 is 0 Å². The predicted molar refractivity (Wildman–Crippen MR) is 123 cm³/mol. The molecule has 0 amide bonds. The Balaban J connectivity index is 1.47. The molecule has 0 saturated carbocycles. The smallest absolute Gasteiger partial charge is 0.261 e. The third-order valence-electron chi connectivity index (χ3n) is 6.20. The van der Waals surface area contributed by atoms with Crippen molar-refractivity contribution in [2.45, 2.75) is 23.3 Å². The number of benzene rings is 3. The number of anilines is 2. The van der Waals surface area contributed by atoms with Crippen LogP contribution in [-0.4, -0.2) is 15.5 Å². The number of methoxy groups -OCH3 is 1. The quantitative estimate of drug-likeness (QED) is 0.507. The van der Waals surface area contributed by atoms with E-state index in [0.29, 0.717) is 11.4 Å². The maximum absolute atomic E-state index is 13.4. The molecule has 7 heteroatoms. The first-order valence-electron chi connectivity index (χ1n) is 10.4. The maximum atomic E-state index is 13.4. The summed E-state index contributed by atoms with van der Waals surface area (Å²) in [4.78, 5) is 0.208. The van der Waals surface area contributed by atoms with Crippen LogP contribution in [0.15, 0.2) is 83.8 Å². The van der Waals surface area contributed by atoms with E-state index in [1.54, 1.807) is 36.4 Å². The molecule has 2 N–H and O–H groups in total. The second-order valence-corrected chi connectivity index (χ2v) is 9.80. The molecule has 5 rings (SSSR count). The fraction of sp³-hybridized carbons (Fsp3) is 0.200. The molecule has 0 saturated heterocycles. The number of halogens is 1. The van der Waals surface area contributed by atoms with E-state index in [4.69, 9.17) is 4.74 Å². The summed E-state index contributed by atoms with van der Waals surface area (Å²) in [5, 5.41) is 3.55. The average molecular weight is 451 g/mol. The Morgan fingerprint density at radius 2 is 1.88 bits per heavy atom. The fourth-order valence-electron chi connectivity index (χ4n) is 4.64. The van der Waals surface area contributed by atoms with Gasteiger partial charge in [0.2, 0.25) is 0 Å². The minimum absolute atomic E-state index is 0.0282. The lowest BCUT2D eigenvalue weighted by atomic mass is 9.77. The highest BCUT2D eigenvalue weighted by Gasteiger charge is 2.38. The molecule has 164 valence electrons. The Morgan fingerprint density at radius 1 is 1.06 bits per heavy atom. The first-order chi connectivity index (χ1) is 15.4. The third-order valence-corrected chi connectivity index (χ3v) is 7.57. The van der Waals surface area contributed by atoms with Gasteiger partial charge in [-0.05, 0) is 65.9 Å². The number of sulfonamides is 1. The Hall–Kier alpha value is -3.32. The van der Waals surface area contributed by atoms with Crippen molar-refractivity contribution >= 4 is 21.4 Å². The van der Waals surface area contributed by atoms with Gasteiger partial charge in [-0.3, -0.25) is 4.72 Å². The molecule has 0 fully saturated rings. The van der Waals surface area contributed by atoms with E-state index in [0.717, 1.165) is 23.2 Å². The Bertz CT molecular complexity index is 1290. The number of allylic oxidation sites excluding steroid dienone is 2. The van der Waals surface area contributed by atoms with Crippen LogP contribution in [-0.2, 0) is 10.0 Å². The second kappa shape index (κ2) is 7.98. The number of fused-ring (bicyclic) bond motifs is 3. The molecular formula is C25H23FN2O3S. The molecule has 1 heterocycles. The molecule has 2 aliphatic rings. The maximum Gasteiger partial charge on any atom is 0.261 e. The fourth-order valence-corrected chi connectivity index (χ4v) is 5.72. The standard InChI is InChI=1S/C25H23FN2O3S/c1-31-19-5-2-4-18(14-19)28-32(29,30)20-12-13-24-23(15-20)21-6-3-7-22(21)25(27-24)16-8-10-17(26)11-9-16/h2-6,8-15,21-22,25,27-28H,7H2,1H3/t21-,22+,25+/m0/s1. The summed E-state index contributed by atoms with van der Waals surface area (Å²) in [5.74, 6) is 0.639. The number of nitrogens with one attached hydrogen (secondary N) is 2. The van der Waals surface area contributed by atoms with Crippen LogP contribution < -0.4 is 14.8 Å². The first-order valence-corrected chi connectivity index (χ1v) is 11.9. The van der Waals surface area contributed by atoms with Crippen LogP contribution in [0.1, 0.15) is 29.5 Å². The molecule has 5 nitrogen and oxygen atoms in total. The van der Waals surface area contributed by atoms with Gasteiger partial charge in [0.1, 0.15) is 11.6 Å². The highest BCUT2D eigenvalue weighted by Crippen LogP contribution is 2.50. The van der Waals surface area contributed by atoms with Crippen molar-refractivity contribution in [2.75, 3.05) is 17.1 Å². The summed E-state index contributed by atoms with van der Waals surface area (Å²) in [5.41, 5.74) is 3.31.